The predicted octanol–water partition coefficient (Wildman–Crippen LogP) is 2.76. The van der Waals surface area contributed by atoms with Crippen LogP contribution in [0.2, 0.25) is 0 Å². The lowest BCUT2D eigenvalue weighted by Crippen LogP contribution is -2.47. The first kappa shape index (κ1) is 14.5. The van der Waals surface area contributed by atoms with Crippen molar-refractivity contribution in [1.29, 1.82) is 0 Å². The Morgan fingerprint density at radius 2 is 1.63 bits per heavy atom. The van der Waals surface area contributed by atoms with E-state index in [1.54, 1.807) is 0 Å². The van der Waals surface area contributed by atoms with Crippen molar-refractivity contribution in [2.24, 2.45) is 0 Å². The number of likely N-dealkylation sites (N-methyl/N-ethyl adjacent to an activating group) is 1. The number of carbonyl (C=O) groups is 1. The summed E-state index contributed by atoms with van der Waals surface area (Å²) in [5, 5.41) is 0. The number of piperazine rings is 1. The van der Waals surface area contributed by atoms with Gasteiger partial charge in [0.25, 0.3) is 5.91 Å². The van der Waals surface area contributed by atoms with Gasteiger partial charge in [0.05, 0.1) is 0 Å². The third kappa shape index (κ3) is 2.84. The molecular weight excluding hydrogens is 304 g/mol. The van der Waals surface area contributed by atoms with Crippen LogP contribution in [0.15, 0.2) is 10.5 Å². The molecule has 1 heterocycles. The van der Waals surface area contributed by atoms with Crippen molar-refractivity contribution in [2.75, 3.05) is 33.2 Å². The van der Waals surface area contributed by atoms with Crippen molar-refractivity contribution in [3.8, 4) is 0 Å². The SMILES string of the molecule is Cc1c(Br)cc(C(=O)N2CCN(C)CC2)c(C)c1C. The molecule has 1 aliphatic rings. The molecule has 1 aliphatic heterocycles. The molecule has 0 atom stereocenters. The minimum absolute atomic E-state index is 0.161. The number of benzene rings is 1. The van der Waals surface area contributed by atoms with Crippen molar-refractivity contribution in [3.05, 3.63) is 32.8 Å². The molecule has 104 valence electrons. The summed E-state index contributed by atoms with van der Waals surface area (Å²) in [4.78, 5) is 16.8. The number of carbonyl (C=O) groups excluding carboxylic acids is 1. The molecule has 19 heavy (non-hydrogen) atoms. The quantitative estimate of drug-likeness (QED) is 0.793. The van der Waals surface area contributed by atoms with Gasteiger partial charge in [-0.25, -0.2) is 0 Å². The zero-order chi connectivity index (χ0) is 14.2. The van der Waals surface area contributed by atoms with Crippen molar-refractivity contribution in [3.63, 3.8) is 0 Å². The van der Waals surface area contributed by atoms with Gasteiger partial charge in [-0.3, -0.25) is 4.79 Å². The summed E-state index contributed by atoms with van der Waals surface area (Å²) in [7, 11) is 2.10. The van der Waals surface area contributed by atoms with Gasteiger partial charge < -0.3 is 9.80 Å². The lowest BCUT2D eigenvalue weighted by atomic mass is 9.98. The van der Waals surface area contributed by atoms with Crippen molar-refractivity contribution in [1.82, 2.24) is 9.80 Å². The molecule has 0 aliphatic carbocycles. The third-order valence-electron chi connectivity index (χ3n) is 4.18. The van der Waals surface area contributed by atoms with E-state index in [0.717, 1.165) is 41.8 Å². The van der Waals surface area contributed by atoms with E-state index < -0.39 is 0 Å². The molecule has 1 aromatic carbocycles. The number of hydrogen-bond acceptors (Lipinski definition) is 2. The lowest BCUT2D eigenvalue weighted by Gasteiger charge is -2.33. The first-order valence-electron chi connectivity index (χ1n) is 6.66. The lowest BCUT2D eigenvalue weighted by molar-refractivity contribution is 0.0663. The molecular formula is C15H21BrN2O. The van der Waals surface area contributed by atoms with Gasteiger partial charge in [0, 0.05) is 36.2 Å². The second kappa shape index (κ2) is 5.63. The Labute approximate surface area is 123 Å². The first-order chi connectivity index (χ1) is 8.91. The summed E-state index contributed by atoms with van der Waals surface area (Å²) in [6, 6.07) is 1.97. The Morgan fingerprint density at radius 1 is 1.05 bits per heavy atom. The molecule has 0 radical (unpaired) electrons. The van der Waals surface area contributed by atoms with Crippen LogP contribution in [-0.4, -0.2) is 48.9 Å². The van der Waals surface area contributed by atoms with Crippen LogP contribution in [-0.2, 0) is 0 Å². The molecule has 1 saturated heterocycles. The summed E-state index contributed by atoms with van der Waals surface area (Å²) in [6.45, 7) is 9.75. The molecule has 0 bridgehead atoms. The van der Waals surface area contributed by atoms with Crippen LogP contribution in [0.3, 0.4) is 0 Å². The fraction of sp³-hybridized carbons (Fsp3) is 0.533. The molecule has 2 rings (SSSR count). The van der Waals surface area contributed by atoms with Crippen LogP contribution in [0.1, 0.15) is 27.0 Å². The predicted molar refractivity (Wildman–Crippen MR) is 81.8 cm³/mol. The van der Waals surface area contributed by atoms with E-state index in [1.165, 1.54) is 11.1 Å². The summed E-state index contributed by atoms with van der Waals surface area (Å²) in [5.41, 5.74) is 4.35. The monoisotopic (exact) mass is 324 g/mol. The fourth-order valence-corrected chi connectivity index (χ4v) is 2.93. The van der Waals surface area contributed by atoms with Gasteiger partial charge in [0.15, 0.2) is 0 Å². The van der Waals surface area contributed by atoms with Gasteiger partial charge >= 0.3 is 0 Å². The van der Waals surface area contributed by atoms with Gasteiger partial charge in [0.2, 0.25) is 0 Å². The molecule has 0 aromatic heterocycles. The zero-order valence-corrected chi connectivity index (χ0v) is 13.7. The van der Waals surface area contributed by atoms with E-state index in [9.17, 15) is 4.79 Å². The topological polar surface area (TPSA) is 23.6 Å². The van der Waals surface area contributed by atoms with Crippen LogP contribution in [0, 0.1) is 20.8 Å². The second-order valence-corrected chi connectivity index (χ2v) is 6.23. The fourth-order valence-electron chi connectivity index (χ4n) is 2.41. The minimum atomic E-state index is 0.161. The Bertz CT molecular complexity index is 505. The second-order valence-electron chi connectivity index (χ2n) is 5.38. The van der Waals surface area contributed by atoms with Gasteiger partial charge in [-0.15, -0.1) is 0 Å². The van der Waals surface area contributed by atoms with E-state index in [-0.39, 0.29) is 5.91 Å². The van der Waals surface area contributed by atoms with E-state index in [2.05, 4.69) is 41.7 Å². The molecule has 1 fully saturated rings. The Kier molecular flexibility index (Phi) is 4.31. The largest absolute Gasteiger partial charge is 0.336 e. The molecule has 3 nitrogen and oxygen atoms in total. The third-order valence-corrected chi connectivity index (χ3v) is 5.00. The summed E-state index contributed by atoms with van der Waals surface area (Å²) in [5.74, 6) is 0.161. The van der Waals surface area contributed by atoms with Gasteiger partial charge in [-0.1, -0.05) is 15.9 Å². The van der Waals surface area contributed by atoms with Crippen LogP contribution < -0.4 is 0 Å². The van der Waals surface area contributed by atoms with E-state index in [0.29, 0.717) is 0 Å². The highest BCUT2D eigenvalue weighted by atomic mass is 79.9. The van der Waals surface area contributed by atoms with E-state index in [4.69, 9.17) is 0 Å². The number of amides is 1. The molecule has 0 unspecified atom stereocenters. The number of hydrogen-bond donors (Lipinski definition) is 0. The summed E-state index contributed by atoms with van der Waals surface area (Å²) >= 11 is 3.55. The maximum Gasteiger partial charge on any atom is 0.254 e. The Hall–Kier alpha value is -0.870. The molecule has 1 aromatic rings. The normalized spacial score (nSPS) is 16.8. The highest BCUT2D eigenvalue weighted by Crippen LogP contribution is 2.26. The maximum absolute atomic E-state index is 12.6. The molecule has 0 saturated carbocycles. The number of nitrogens with zero attached hydrogens (tertiary/aromatic N) is 2. The standard InChI is InChI=1S/C15H21BrN2O/c1-10-11(2)13(9-14(16)12(10)3)15(19)18-7-5-17(4)6-8-18/h9H,5-8H2,1-4H3. The highest BCUT2D eigenvalue weighted by molar-refractivity contribution is 9.10. The molecule has 1 amide bonds. The van der Waals surface area contributed by atoms with Crippen LogP contribution >= 0.6 is 15.9 Å². The van der Waals surface area contributed by atoms with Crippen LogP contribution in [0.4, 0.5) is 0 Å². The van der Waals surface area contributed by atoms with Crippen molar-refractivity contribution >= 4 is 21.8 Å². The molecule has 4 heteroatoms. The van der Waals surface area contributed by atoms with Crippen molar-refractivity contribution in [2.45, 2.75) is 20.8 Å². The van der Waals surface area contributed by atoms with Crippen LogP contribution in [0.5, 0.6) is 0 Å². The zero-order valence-electron chi connectivity index (χ0n) is 12.1. The Balaban J connectivity index is 2.29. The minimum Gasteiger partial charge on any atom is -0.336 e. The van der Waals surface area contributed by atoms with E-state index in [1.807, 2.05) is 17.9 Å². The smallest absolute Gasteiger partial charge is 0.254 e. The summed E-state index contributed by atoms with van der Waals surface area (Å²) < 4.78 is 1.02. The average Bonchev–Trinajstić information content (AvgIpc) is 2.40. The van der Waals surface area contributed by atoms with Gasteiger partial charge in [-0.2, -0.15) is 0 Å². The maximum atomic E-state index is 12.6. The highest BCUT2D eigenvalue weighted by Gasteiger charge is 2.23. The number of halogens is 1. The van der Waals surface area contributed by atoms with Crippen molar-refractivity contribution < 1.29 is 4.79 Å². The van der Waals surface area contributed by atoms with Gasteiger partial charge in [0.1, 0.15) is 0 Å². The van der Waals surface area contributed by atoms with E-state index >= 15 is 0 Å². The number of rotatable bonds is 1. The van der Waals surface area contributed by atoms with Gasteiger partial charge in [-0.05, 0) is 50.6 Å². The molecule has 0 spiro atoms. The average molecular weight is 325 g/mol. The Morgan fingerprint density at radius 3 is 2.21 bits per heavy atom. The van der Waals surface area contributed by atoms with Crippen LogP contribution in [0.25, 0.3) is 0 Å². The first-order valence-corrected chi connectivity index (χ1v) is 7.45. The summed E-state index contributed by atoms with van der Waals surface area (Å²) in [6.07, 6.45) is 0. The molecule has 0 N–H and O–H groups in total.